The second-order valence-corrected chi connectivity index (χ2v) is 9.07. The Morgan fingerprint density at radius 2 is 2.10 bits per heavy atom. The number of fused-ring (bicyclic) bond motifs is 6. The highest BCUT2D eigenvalue weighted by molar-refractivity contribution is 9.10. The van der Waals surface area contributed by atoms with Crippen LogP contribution >= 0.6 is 15.9 Å². The van der Waals surface area contributed by atoms with Crippen molar-refractivity contribution >= 4 is 49.5 Å². The summed E-state index contributed by atoms with van der Waals surface area (Å²) < 4.78 is 8.87. The van der Waals surface area contributed by atoms with Crippen LogP contribution in [-0.2, 0) is 18.2 Å². The Hall–Kier alpha value is -2.97. The summed E-state index contributed by atoms with van der Waals surface area (Å²) >= 11 is 3.55. The van der Waals surface area contributed by atoms with Crippen molar-refractivity contribution in [3.63, 3.8) is 0 Å². The van der Waals surface area contributed by atoms with Gasteiger partial charge in [0.15, 0.2) is 0 Å². The Morgan fingerprint density at radius 1 is 1.23 bits per heavy atom. The molecule has 156 valence electrons. The van der Waals surface area contributed by atoms with Crippen molar-refractivity contribution in [2.24, 2.45) is 7.05 Å². The highest BCUT2D eigenvalue weighted by Crippen LogP contribution is 2.41. The van der Waals surface area contributed by atoms with Gasteiger partial charge in [-0.25, -0.2) is 4.98 Å². The fraction of sp³-hybridized carbons (Fsp3) is 0.261. The van der Waals surface area contributed by atoms with Gasteiger partial charge in [-0.3, -0.25) is 9.48 Å². The molecule has 2 aliphatic rings. The van der Waals surface area contributed by atoms with Crippen LogP contribution in [0.1, 0.15) is 27.5 Å². The minimum Gasteiger partial charge on any atom is -0.383 e. The molecule has 1 fully saturated rings. The van der Waals surface area contributed by atoms with E-state index in [1.807, 2.05) is 36.2 Å². The Labute approximate surface area is 186 Å². The molecule has 0 spiro atoms. The number of carbonyl (C=O) groups is 1. The maximum absolute atomic E-state index is 13.7. The lowest BCUT2D eigenvalue weighted by Crippen LogP contribution is -2.46. The second-order valence-electron chi connectivity index (χ2n) is 8.16. The molecule has 2 aromatic heterocycles. The van der Waals surface area contributed by atoms with Crippen LogP contribution < -0.4 is 5.73 Å². The molecule has 0 bridgehead atoms. The minimum atomic E-state index is -0.0682. The van der Waals surface area contributed by atoms with Crippen LogP contribution in [0, 0.1) is 0 Å². The molecule has 2 atom stereocenters. The Bertz CT molecular complexity index is 1380. The van der Waals surface area contributed by atoms with Crippen molar-refractivity contribution in [2.75, 3.05) is 18.9 Å². The SMILES string of the molecule is Cn1ncc2c(N)nc3ccc(C(=O)N4CCOC5Cc6cc(Br)ccc6[C@@H]54)cc3c21. The minimum absolute atomic E-state index is 0.00288. The Balaban J connectivity index is 1.45. The van der Waals surface area contributed by atoms with Gasteiger partial charge in [0.05, 0.1) is 41.4 Å². The summed E-state index contributed by atoms with van der Waals surface area (Å²) in [6.45, 7) is 1.11. The van der Waals surface area contributed by atoms with Gasteiger partial charge in [-0.15, -0.1) is 0 Å². The van der Waals surface area contributed by atoms with Gasteiger partial charge >= 0.3 is 0 Å². The van der Waals surface area contributed by atoms with Gasteiger partial charge in [-0.1, -0.05) is 22.0 Å². The van der Waals surface area contributed by atoms with Gasteiger partial charge in [-0.05, 0) is 41.5 Å². The van der Waals surface area contributed by atoms with E-state index in [-0.39, 0.29) is 18.1 Å². The van der Waals surface area contributed by atoms with E-state index in [9.17, 15) is 4.79 Å². The normalized spacial score (nSPS) is 20.3. The van der Waals surface area contributed by atoms with E-state index in [2.05, 4.69) is 38.1 Å². The predicted molar refractivity (Wildman–Crippen MR) is 122 cm³/mol. The number of nitrogens with two attached hydrogens (primary N) is 1. The number of ether oxygens (including phenoxy) is 1. The number of nitrogens with zero attached hydrogens (tertiary/aromatic N) is 4. The molecule has 3 heterocycles. The second kappa shape index (κ2) is 6.77. The van der Waals surface area contributed by atoms with E-state index >= 15 is 0 Å². The lowest BCUT2D eigenvalue weighted by Gasteiger charge is -2.38. The molecule has 6 rings (SSSR count). The van der Waals surface area contributed by atoms with Gasteiger partial charge in [0.25, 0.3) is 5.91 Å². The van der Waals surface area contributed by atoms with Gasteiger partial charge in [0.2, 0.25) is 0 Å². The molecule has 1 amide bonds. The number of amides is 1. The zero-order valence-electron chi connectivity index (χ0n) is 16.9. The van der Waals surface area contributed by atoms with Gasteiger partial charge in [0.1, 0.15) is 5.82 Å². The van der Waals surface area contributed by atoms with Gasteiger partial charge in [-0.2, -0.15) is 5.10 Å². The topological polar surface area (TPSA) is 86.3 Å². The number of aryl methyl sites for hydroxylation is 1. The number of anilines is 1. The summed E-state index contributed by atoms with van der Waals surface area (Å²) in [7, 11) is 1.87. The summed E-state index contributed by atoms with van der Waals surface area (Å²) in [6, 6.07) is 11.8. The monoisotopic (exact) mass is 477 g/mol. The Morgan fingerprint density at radius 3 is 2.97 bits per heavy atom. The highest BCUT2D eigenvalue weighted by Gasteiger charge is 2.42. The number of benzene rings is 2. The molecule has 8 heteroatoms. The average Bonchev–Trinajstić information content (AvgIpc) is 3.33. The zero-order valence-corrected chi connectivity index (χ0v) is 18.5. The third-order valence-electron chi connectivity index (χ3n) is 6.41. The number of pyridine rings is 1. The van der Waals surface area contributed by atoms with Crippen LogP contribution in [0.2, 0.25) is 0 Å². The summed E-state index contributed by atoms with van der Waals surface area (Å²) in [5.41, 5.74) is 10.8. The zero-order chi connectivity index (χ0) is 21.3. The maximum Gasteiger partial charge on any atom is 0.254 e. The predicted octanol–water partition coefficient (Wildman–Crippen LogP) is 3.60. The maximum atomic E-state index is 13.7. The summed E-state index contributed by atoms with van der Waals surface area (Å²) in [6.07, 6.45) is 2.53. The van der Waals surface area contributed by atoms with E-state index < -0.39 is 0 Å². The first-order valence-electron chi connectivity index (χ1n) is 10.2. The smallest absolute Gasteiger partial charge is 0.254 e. The molecule has 2 N–H and O–H groups in total. The number of hydrogen-bond donors (Lipinski definition) is 1. The van der Waals surface area contributed by atoms with E-state index in [4.69, 9.17) is 10.5 Å². The fourth-order valence-electron chi connectivity index (χ4n) is 5.01. The summed E-state index contributed by atoms with van der Waals surface area (Å²) in [5, 5.41) is 5.99. The first-order valence-corrected chi connectivity index (χ1v) is 11.0. The standard InChI is InChI=1S/C23H20BrN5O2/c1-28-20-16-9-12(2-5-18(16)27-22(25)17(20)11-26-28)23(30)29-6-7-31-19-10-13-8-14(24)3-4-15(13)21(19)29/h2-5,8-9,11,19,21H,6-7,10H2,1H3,(H2,25,27)/t19?,21-/m0/s1. The molecule has 0 radical (unpaired) electrons. The molecule has 0 saturated carbocycles. The average molecular weight is 478 g/mol. The van der Waals surface area contributed by atoms with Crippen molar-refractivity contribution in [1.29, 1.82) is 0 Å². The van der Waals surface area contributed by atoms with Crippen molar-refractivity contribution in [1.82, 2.24) is 19.7 Å². The summed E-state index contributed by atoms with van der Waals surface area (Å²) in [5.74, 6) is 0.447. The molecule has 1 unspecified atom stereocenters. The number of carbonyl (C=O) groups excluding carboxylic acids is 1. The number of aromatic nitrogens is 3. The third kappa shape index (κ3) is 2.78. The van der Waals surface area contributed by atoms with E-state index in [0.717, 1.165) is 32.7 Å². The highest BCUT2D eigenvalue weighted by atomic mass is 79.9. The molecule has 1 saturated heterocycles. The lowest BCUT2D eigenvalue weighted by atomic mass is 10.0. The quantitative estimate of drug-likeness (QED) is 0.452. The first-order chi connectivity index (χ1) is 15.0. The number of morpholine rings is 1. The molecule has 31 heavy (non-hydrogen) atoms. The van der Waals surface area contributed by atoms with Crippen LogP contribution in [0.25, 0.3) is 21.8 Å². The van der Waals surface area contributed by atoms with Crippen LogP contribution in [0.5, 0.6) is 0 Å². The first kappa shape index (κ1) is 18.8. The molecular formula is C23H20BrN5O2. The Kier molecular flexibility index (Phi) is 4.10. The van der Waals surface area contributed by atoms with Crippen LogP contribution in [0.3, 0.4) is 0 Å². The van der Waals surface area contributed by atoms with Crippen molar-refractivity contribution in [3.8, 4) is 0 Å². The van der Waals surface area contributed by atoms with Crippen LogP contribution in [0.15, 0.2) is 47.1 Å². The van der Waals surface area contributed by atoms with Crippen LogP contribution in [-0.4, -0.2) is 44.8 Å². The van der Waals surface area contributed by atoms with Crippen molar-refractivity contribution in [2.45, 2.75) is 18.6 Å². The van der Waals surface area contributed by atoms with E-state index in [1.54, 1.807) is 10.9 Å². The van der Waals surface area contributed by atoms with Gasteiger partial charge < -0.3 is 15.4 Å². The molecule has 1 aliphatic carbocycles. The molecule has 1 aliphatic heterocycles. The molecule has 2 aromatic carbocycles. The molecular weight excluding hydrogens is 458 g/mol. The van der Waals surface area contributed by atoms with E-state index in [0.29, 0.717) is 24.5 Å². The van der Waals surface area contributed by atoms with Gasteiger partial charge in [0, 0.05) is 35.4 Å². The van der Waals surface area contributed by atoms with Crippen molar-refractivity contribution in [3.05, 3.63) is 63.8 Å². The number of hydrogen-bond acceptors (Lipinski definition) is 5. The summed E-state index contributed by atoms with van der Waals surface area (Å²) in [4.78, 5) is 20.1. The lowest BCUT2D eigenvalue weighted by molar-refractivity contribution is -0.0516. The van der Waals surface area contributed by atoms with E-state index in [1.165, 1.54) is 11.1 Å². The fourth-order valence-corrected chi connectivity index (χ4v) is 5.42. The van der Waals surface area contributed by atoms with Crippen molar-refractivity contribution < 1.29 is 9.53 Å². The number of rotatable bonds is 1. The number of nitrogen functional groups attached to an aromatic ring is 1. The number of halogens is 1. The largest absolute Gasteiger partial charge is 0.383 e. The molecule has 7 nitrogen and oxygen atoms in total. The van der Waals surface area contributed by atoms with Crippen LogP contribution in [0.4, 0.5) is 5.82 Å². The molecule has 4 aromatic rings. The third-order valence-corrected chi connectivity index (χ3v) is 6.91.